The first-order valence-electron chi connectivity index (χ1n) is 4.53. The summed E-state index contributed by atoms with van der Waals surface area (Å²) < 4.78 is 10.1. The Morgan fingerprint density at radius 3 is 2.93 bits per heavy atom. The molecule has 0 radical (unpaired) electrons. The molecule has 0 aromatic carbocycles. The summed E-state index contributed by atoms with van der Waals surface area (Å²) in [6.45, 7) is 3.29. The summed E-state index contributed by atoms with van der Waals surface area (Å²) in [6, 6.07) is 1.76. The Hall–Kier alpha value is -1.91. The fraction of sp³-hybridized carbons (Fsp3) is 0.300. The van der Waals surface area contributed by atoms with E-state index in [4.69, 9.17) is 8.94 Å². The first-order chi connectivity index (χ1) is 7.16. The van der Waals surface area contributed by atoms with Crippen LogP contribution in [0.1, 0.15) is 18.6 Å². The van der Waals surface area contributed by atoms with Crippen molar-refractivity contribution in [1.82, 2.24) is 10.1 Å². The molecule has 0 atom stereocenters. The Labute approximate surface area is 86.1 Å². The van der Waals surface area contributed by atoms with Gasteiger partial charge in [0, 0.05) is 0 Å². The molecule has 5 heteroatoms. The Balaban J connectivity index is 2.28. The minimum Gasteiger partial charge on any atom is -0.469 e. The molecule has 2 rings (SSSR count). The smallest absolute Gasteiger partial charge is 0.234 e. The van der Waals surface area contributed by atoms with E-state index >= 15 is 0 Å². The van der Waals surface area contributed by atoms with Gasteiger partial charge in [-0.3, -0.25) is 4.79 Å². The number of carbonyl (C=O) groups excluding carboxylic acids is 1. The molecular weight excluding hydrogens is 196 g/mol. The number of furan rings is 1. The third kappa shape index (κ3) is 1.96. The molecule has 2 aromatic heterocycles. The second-order valence-electron chi connectivity index (χ2n) is 3.28. The Morgan fingerprint density at radius 1 is 1.53 bits per heavy atom. The van der Waals surface area contributed by atoms with Crippen LogP contribution in [-0.4, -0.2) is 15.9 Å². The van der Waals surface area contributed by atoms with E-state index < -0.39 is 0 Å². The summed E-state index contributed by atoms with van der Waals surface area (Å²) in [4.78, 5) is 14.9. The average molecular weight is 206 g/mol. The monoisotopic (exact) mass is 206 g/mol. The fourth-order valence-corrected chi connectivity index (χ4v) is 1.27. The number of carbonyl (C=O) groups is 1. The minimum absolute atomic E-state index is 0.00545. The molecule has 78 valence electrons. The van der Waals surface area contributed by atoms with Gasteiger partial charge in [-0.2, -0.15) is 4.98 Å². The number of hydrogen-bond acceptors (Lipinski definition) is 5. The topological polar surface area (TPSA) is 69.1 Å². The lowest BCUT2D eigenvalue weighted by molar-refractivity contribution is -0.116. The van der Waals surface area contributed by atoms with Gasteiger partial charge in [-0.15, -0.1) is 0 Å². The number of nitrogens with zero attached hydrogens (tertiary/aromatic N) is 2. The van der Waals surface area contributed by atoms with Crippen molar-refractivity contribution >= 4 is 5.78 Å². The maximum atomic E-state index is 10.8. The van der Waals surface area contributed by atoms with Gasteiger partial charge in [0.1, 0.15) is 11.5 Å². The van der Waals surface area contributed by atoms with E-state index in [9.17, 15) is 4.79 Å². The largest absolute Gasteiger partial charge is 0.469 e. The molecule has 5 nitrogen and oxygen atoms in total. The second-order valence-corrected chi connectivity index (χ2v) is 3.28. The molecule has 2 heterocycles. The Bertz CT molecular complexity index is 484. The van der Waals surface area contributed by atoms with Gasteiger partial charge in [0.2, 0.25) is 11.7 Å². The molecular formula is C10H10N2O3. The van der Waals surface area contributed by atoms with Gasteiger partial charge < -0.3 is 8.94 Å². The molecule has 0 amide bonds. The quantitative estimate of drug-likeness (QED) is 0.765. The second kappa shape index (κ2) is 3.68. The fourth-order valence-electron chi connectivity index (χ4n) is 1.27. The molecule has 0 aliphatic heterocycles. The molecule has 0 spiro atoms. The summed E-state index contributed by atoms with van der Waals surface area (Å²) in [5, 5.41) is 3.77. The zero-order valence-electron chi connectivity index (χ0n) is 8.48. The summed E-state index contributed by atoms with van der Waals surface area (Å²) in [6.07, 6.45) is 1.73. The minimum atomic E-state index is -0.00545. The van der Waals surface area contributed by atoms with E-state index in [2.05, 4.69) is 10.1 Å². The zero-order valence-corrected chi connectivity index (χ0v) is 8.48. The molecule has 0 aliphatic carbocycles. The highest BCUT2D eigenvalue weighted by atomic mass is 16.5. The number of rotatable bonds is 3. The van der Waals surface area contributed by atoms with Gasteiger partial charge >= 0.3 is 0 Å². The van der Waals surface area contributed by atoms with Gasteiger partial charge in [0.05, 0.1) is 18.2 Å². The number of Topliss-reactive ketones (excluding diaryl/α,β-unsaturated/α-hetero) is 1. The van der Waals surface area contributed by atoms with Crippen LogP contribution in [-0.2, 0) is 11.2 Å². The van der Waals surface area contributed by atoms with Crippen LogP contribution in [0.5, 0.6) is 0 Å². The number of aromatic nitrogens is 2. The van der Waals surface area contributed by atoms with E-state index in [1.165, 1.54) is 6.92 Å². The predicted molar refractivity (Wildman–Crippen MR) is 51.1 cm³/mol. The maximum absolute atomic E-state index is 10.8. The van der Waals surface area contributed by atoms with Crippen LogP contribution in [0.25, 0.3) is 11.4 Å². The van der Waals surface area contributed by atoms with Crippen molar-refractivity contribution in [3.63, 3.8) is 0 Å². The van der Waals surface area contributed by atoms with E-state index in [-0.39, 0.29) is 12.2 Å². The Kier molecular flexibility index (Phi) is 2.37. The molecule has 0 saturated carbocycles. The first-order valence-corrected chi connectivity index (χ1v) is 4.53. The highest BCUT2D eigenvalue weighted by Gasteiger charge is 2.13. The standard InChI is InChI=1S/C10H10N2O3/c1-6(13)5-9-11-10(12-15-9)8-3-4-14-7(8)2/h3-4H,5H2,1-2H3. The van der Waals surface area contributed by atoms with Crippen LogP contribution in [0.15, 0.2) is 21.3 Å². The van der Waals surface area contributed by atoms with Crippen molar-refractivity contribution in [2.24, 2.45) is 0 Å². The molecule has 0 bridgehead atoms. The molecule has 0 fully saturated rings. The molecule has 0 unspecified atom stereocenters. The predicted octanol–water partition coefficient (Wildman–Crippen LogP) is 1.77. The van der Waals surface area contributed by atoms with Crippen molar-refractivity contribution in [1.29, 1.82) is 0 Å². The van der Waals surface area contributed by atoms with Crippen LogP contribution < -0.4 is 0 Å². The molecule has 0 saturated heterocycles. The third-order valence-corrected chi connectivity index (χ3v) is 1.97. The maximum Gasteiger partial charge on any atom is 0.234 e. The van der Waals surface area contributed by atoms with Crippen LogP contribution in [0.2, 0.25) is 0 Å². The lowest BCUT2D eigenvalue weighted by atomic mass is 10.2. The summed E-state index contributed by atoms with van der Waals surface area (Å²) in [7, 11) is 0. The van der Waals surface area contributed by atoms with Crippen LogP contribution in [0, 0.1) is 6.92 Å². The lowest BCUT2D eigenvalue weighted by Crippen LogP contribution is -1.95. The van der Waals surface area contributed by atoms with Crippen molar-refractivity contribution in [3.8, 4) is 11.4 Å². The van der Waals surface area contributed by atoms with E-state index in [0.29, 0.717) is 11.7 Å². The summed E-state index contributed by atoms with van der Waals surface area (Å²) >= 11 is 0. The molecule has 2 aromatic rings. The van der Waals surface area contributed by atoms with E-state index in [1.807, 2.05) is 6.92 Å². The van der Waals surface area contributed by atoms with Gasteiger partial charge in [0.25, 0.3) is 0 Å². The third-order valence-electron chi connectivity index (χ3n) is 1.97. The SMILES string of the molecule is CC(=O)Cc1nc(-c2ccoc2C)no1. The summed E-state index contributed by atoms with van der Waals surface area (Å²) in [5.74, 6) is 1.51. The van der Waals surface area contributed by atoms with E-state index in [0.717, 1.165) is 11.3 Å². The normalized spacial score (nSPS) is 10.5. The Morgan fingerprint density at radius 2 is 2.33 bits per heavy atom. The van der Waals surface area contributed by atoms with E-state index in [1.54, 1.807) is 12.3 Å². The number of aryl methyl sites for hydroxylation is 1. The number of ketones is 1. The average Bonchev–Trinajstić information content (AvgIpc) is 2.72. The van der Waals surface area contributed by atoms with Gasteiger partial charge in [-0.05, 0) is 19.9 Å². The number of hydrogen-bond donors (Lipinski definition) is 0. The lowest BCUT2D eigenvalue weighted by Gasteiger charge is -1.87. The van der Waals surface area contributed by atoms with Crippen LogP contribution >= 0.6 is 0 Å². The van der Waals surface area contributed by atoms with Gasteiger partial charge in [-0.1, -0.05) is 5.16 Å². The van der Waals surface area contributed by atoms with Gasteiger partial charge in [0.15, 0.2) is 0 Å². The van der Waals surface area contributed by atoms with Crippen molar-refractivity contribution in [2.45, 2.75) is 20.3 Å². The van der Waals surface area contributed by atoms with Gasteiger partial charge in [-0.25, -0.2) is 0 Å². The van der Waals surface area contributed by atoms with Crippen molar-refractivity contribution in [3.05, 3.63) is 24.0 Å². The highest BCUT2D eigenvalue weighted by Crippen LogP contribution is 2.20. The van der Waals surface area contributed by atoms with Crippen molar-refractivity contribution in [2.75, 3.05) is 0 Å². The molecule has 0 N–H and O–H groups in total. The molecule has 0 aliphatic rings. The molecule has 15 heavy (non-hydrogen) atoms. The first kappa shape index (κ1) is 9.64. The highest BCUT2D eigenvalue weighted by molar-refractivity contribution is 5.77. The van der Waals surface area contributed by atoms with Crippen molar-refractivity contribution < 1.29 is 13.7 Å². The summed E-state index contributed by atoms with van der Waals surface area (Å²) in [5.41, 5.74) is 0.786. The zero-order chi connectivity index (χ0) is 10.8. The van der Waals surface area contributed by atoms with Crippen LogP contribution in [0.4, 0.5) is 0 Å². The van der Waals surface area contributed by atoms with Crippen LogP contribution in [0.3, 0.4) is 0 Å².